The maximum atomic E-state index is 12.6. The highest BCUT2D eigenvalue weighted by molar-refractivity contribution is 5.75. The SMILES string of the molecule is O=C(NC1CCCCC1)N(CC1CCCNC1)C1CC1. The lowest BCUT2D eigenvalue weighted by molar-refractivity contribution is 0.170. The van der Waals surface area contributed by atoms with Crippen LogP contribution < -0.4 is 10.6 Å². The summed E-state index contributed by atoms with van der Waals surface area (Å²) in [5.41, 5.74) is 0. The Morgan fingerprint density at radius 3 is 2.50 bits per heavy atom. The molecule has 1 atom stereocenters. The molecule has 0 aromatic rings. The molecular formula is C16H29N3O. The van der Waals surface area contributed by atoms with Crippen molar-refractivity contribution in [1.29, 1.82) is 0 Å². The van der Waals surface area contributed by atoms with Crippen LogP contribution in [0.4, 0.5) is 4.79 Å². The van der Waals surface area contributed by atoms with Gasteiger partial charge in [-0.05, 0) is 57.5 Å². The monoisotopic (exact) mass is 279 g/mol. The molecule has 20 heavy (non-hydrogen) atoms. The smallest absolute Gasteiger partial charge is 0.317 e. The largest absolute Gasteiger partial charge is 0.335 e. The Hall–Kier alpha value is -0.770. The summed E-state index contributed by atoms with van der Waals surface area (Å²) in [5, 5.41) is 6.76. The second-order valence-electron chi connectivity index (χ2n) is 6.88. The van der Waals surface area contributed by atoms with Crippen LogP contribution in [-0.2, 0) is 0 Å². The zero-order chi connectivity index (χ0) is 13.8. The number of carbonyl (C=O) groups excluding carboxylic acids is 1. The highest BCUT2D eigenvalue weighted by Crippen LogP contribution is 2.29. The van der Waals surface area contributed by atoms with Gasteiger partial charge in [0.05, 0.1) is 0 Å². The van der Waals surface area contributed by atoms with Gasteiger partial charge in [-0.25, -0.2) is 4.79 Å². The molecule has 4 heteroatoms. The quantitative estimate of drug-likeness (QED) is 0.830. The van der Waals surface area contributed by atoms with E-state index in [1.165, 1.54) is 57.8 Å². The summed E-state index contributed by atoms with van der Waals surface area (Å²) >= 11 is 0. The van der Waals surface area contributed by atoms with Crippen molar-refractivity contribution in [1.82, 2.24) is 15.5 Å². The van der Waals surface area contributed by atoms with Crippen LogP contribution in [0.2, 0.25) is 0 Å². The average Bonchev–Trinajstić information content (AvgIpc) is 3.31. The van der Waals surface area contributed by atoms with Crippen LogP contribution in [0, 0.1) is 5.92 Å². The molecule has 4 nitrogen and oxygen atoms in total. The Balaban J connectivity index is 1.51. The number of hydrogen-bond donors (Lipinski definition) is 2. The zero-order valence-corrected chi connectivity index (χ0v) is 12.6. The lowest BCUT2D eigenvalue weighted by atomic mass is 9.95. The van der Waals surface area contributed by atoms with E-state index in [1.54, 1.807) is 0 Å². The van der Waals surface area contributed by atoms with E-state index < -0.39 is 0 Å². The number of rotatable bonds is 4. The lowest BCUT2D eigenvalue weighted by Crippen LogP contribution is -2.49. The van der Waals surface area contributed by atoms with E-state index in [0.29, 0.717) is 18.0 Å². The molecule has 2 aliphatic carbocycles. The summed E-state index contributed by atoms with van der Waals surface area (Å²) in [6.07, 6.45) is 11.2. The van der Waals surface area contributed by atoms with E-state index in [1.807, 2.05) is 0 Å². The highest BCUT2D eigenvalue weighted by atomic mass is 16.2. The summed E-state index contributed by atoms with van der Waals surface area (Å²) in [6.45, 7) is 3.18. The summed E-state index contributed by atoms with van der Waals surface area (Å²) in [4.78, 5) is 14.7. The molecule has 0 radical (unpaired) electrons. The minimum Gasteiger partial charge on any atom is -0.335 e. The van der Waals surface area contributed by atoms with Crippen molar-refractivity contribution in [2.24, 2.45) is 5.92 Å². The number of urea groups is 1. The summed E-state index contributed by atoms with van der Waals surface area (Å²) in [6, 6.07) is 1.17. The van der Waals surface area contributed by atoms with Gasteiger partial charge < -0.3 is 15.5 Å². The average molecular weight is 279 g/mol. The number of nitrogens with one attached hydrogen (secondary N) is 2. The van der Waals surface area contributed by atoms with Gasteiger partial charge in [0, 0.05) is 18.6 Å². The maximum absolute atomic E-state index is 12.6. The van der Waals surface area contributed by atoms with Crippen LogP contribution in [-0.4, -0.2) is 42.6 Å². The van der Waals surface area contributed by atoms with Crippen LogP contribution in [0.3, 0.4) is 0 Å². The Morgan fingerprint density at radius 2 is 1.85 bits per heavy atom. The first kappa shape index (κ1) is 14.2. The molecule has 2 amide bonds. The van der Waals surface area contributed by atoms with Crippen LogP contribution >= 0.6 is 0 Å². The standard InChI is InChI=1S/C16H29N3O/c20-16(18-14-6-2-1-3-7-14)19(15-8-9-15)12-13-5-4-10-17-11-13/h13-15,17H,1-12H2,(H,18,20). The molecular weight excluding hydrogens is 250 g/mol. The minimum atomic E-state index is 0.213. The maximum Gasteiger partial charge on any atom is 0.317 e. The normalized spacial score (nSPS) is 28.1. The third kappa shape index (κ3) is 3.87. The minimum absolute atomic E-state index is 0.213. The van der Waals surface area contributed by atoms with E-state index in [9.17, 15) is 4.79 Å². The van der Waals surface area contributed by atoms with Crippen LogP contribution in [0.25, 0.3) is 0 Å². The van der Waals surface area contributed by atoms with Gasteiger partial charge in [0.25, 0.3) is 0 Å². The van der Waals surface area contributed by atoms with Crippen LogP contribution in [0.5, 0.6) is 0 Å². The van der Waals surface area contributed by atoms with Crippen LogP contribution in [0.15, 0.2) is 0 Å². The molecule has 3 aliphatic rings. The number of nitrogens with zero attached hydrogens (tertiary/aromatic N) is 1. The third-order valence-corrected chi connectivity index (χ3v) is 5.04. The summed E-state index contributed by atoms with van der Waals surface area (Å²) in [7, 11) is 0. The van der Waals surface area contributed by atoms with Gasteiger partial charge in [-0.1, -0.05) is 19.3 Å². The van der Waals surface area contributed by atoms with Crippen molar-refractivity contribution in [3.63, 3.8) is 0 Å². The molecule has 0 spiro atoms. The number of carbonyl (C=O) groups is 1. The van der Waals surface area contributed by atoms with E-state index in [2.05, 4.69) is 15.5 Å². The molecule has 2 N–H and O–H groups in total. The van der Waals surface area contributed by atoms with Gasteiger partial charge in [-0.3, -0.25) is 0 Å². The van der Waals surface area contributed by atoms with Gasteiger partial charge in [-0.15, -0.1) is 0 Å². The number of piperidine rings is 1. The van der Waals surface area contributed by atoms with Gasteiger partial charge in [-0.2, -0.15) is 0 Å². The number of amides is 2. The fourth-order valence-corrected chi connectivity index (χ4v) is 3.65. The van der Waals surface area contributed by atoms with Gasteiger partial charge in [0.2, 0.25) is 0 Å². The first-order valence-corrected chi connectivity index (χ1v) is 8.61. The molecule has 0 aromatic heterocycles. The third-order valence-electron chi connectivity index (χ3n) is 5.04. The molecule has 1 heterocycles. The molecule has 3 rings (SSSR count). The topological polar surface area (TPSA) is 44.4 Å². The van der Waals surface area contributed by atoms with Crippen molar-refractivity contribution >= 4 is 6.03 Å². The first-order valence-electron chi connectivity index (χ1n) is 8.61. The van der Waals surface area contributed by atoms with E-state index in [0.717, 1.165) is 19.6 Å². The molecule has 3 fully saturated rings. The predicted molar refractivity (Wildman–Crippen MR) is 80.7 cm³/mol. The number of hydrogen-bond acceptors (Lipinski definition) is 2. The predicted octanol–water partition coefficient (Wildman–Crippen LogP) is 2.49. The molecule has 1 saturated heterocycles. The van der Waals surface area contributed by atoms with Crippen molar-refractivity contribution in [2.75, 3.05) is 19.6 Å². The Morgan fingerprint density at radius 1 is 1.05 bits per heavy atom. The van der Waals surface area contributed by atoms with Crippen LogP contribution in [0.1, 0.15) is 57.8 Å². The molecule has 0 bridgehead atoms. The fourth-order valence-electron chi connectivity index (χ4n) is 3.65. The first-order chi connectivity index (χ1) is 9.83. The van der Waals surface area contributed by atoms with Crippen molar-refractivity contribution in [3.8, 4) is 0 Å². The van der Waals surface area contributed by atoms with Crippen molar-refractivity contribution < 1.29 is 4.79 Å². The van der Waals surface area contributed by atoms with Gasteiger partial charge in [0.15, 0.2) is 0 Å². The van der Waals surface area contributed by atoms with Gasteiger partial charge in [0.1, 0.15) is 0 Å². The lowest BCUT2D eigenvalue weighted by Gasteiger charge is -2.32. The fraction of sp³-hybridized carbons (Fsp3) is 0.938. The Labute approximate surface area is 122 Å². The van der Waals surface area contributed by atoms with Crippen molar-refractivity contribution in [3.05, 3.63) is 0 Å². The molecule has 0 aromatic carbocycles. The zero-order valence-electron chi connectivity index (χ0n) is 12.6. The highest BCUT2D eigenvalue weighted by Gasteiger charge is 2.35. The molecule has 114 valence electrons. The Kier molecular flexibility index (Phi) is 4.81. The summed E-state index contributed by atoms with van der Waals surface area (Å²) < 4.78 is 0. The second-order valence-corrected chi connectivity index (χ2v) is 6.88. The van der Waals surface area contributed by atoms with Crippen molar-refractivity contribution in [2.45, 2.75) is 69.9 Å². The molecule has 1 unspecified atom stereocenters. The van der Waals surface area contributed by atoms with E-state index in [4.69, 9.17) is 0 Å². The second kappa shape index (κ2) is 6.79. The van der Waals surface area contributed by atoms with E-state index >= 15 is 0 Å². The van der Waals surface area contributed by atoms with E-state index in [-0.39, 0.29) is 6.03 Å². The molecule has 2 saturated carbocycles. The van der Waals surface area contributed by atoms with Gasteiger partial charge >= 0.3 is 6.03 Å². The summed E-state index contributed by atoms with van der Waals surface area (Å²) in [5.74, 6) is 0.654. The molecule has 1 aliphatic heterocycles. The Bertz CT molecular complexity index is 318.